The standard InChI is InChI=1S/C16H35N3/c1-13(2)9-15(10-14(3)4)17-11-16-12-18(5)7-8-19(16)6/h13-17H,7-12H2,1-6H3. The summed E-state index contributed by atoms with van der Waals surface area (Å²) in [5.74, 6) is 1.56. The van der Waals surface area contributed by atoms with Crippen molar-refractivity contribution in [2.75, 3.05) is 40.3 Å². The Bertz CT molecular complexity index is 230. The molecule has 0 amide bonds. The maximum atomic E-state index is 3.83. The zero-order chi connectivity index (χ0) is 14.4. The first-order chi connectivity index (χ1) is 8.88. The maximum absolute atomic E-state index is 3.83. The van der Waals surface area contributed by atoms with Crippen molar-refractivity contribution in [3.63, 3.8) is 0 Å². The average Bonchev–Trinajstić information content (AvgIpc) is 2.28. The predicted octanol–water partition coefficient (Wildman–Crippen LogP) is 2.28. The summed E-state index contributed by atoms with van der Waals surface area (Å²) >= 11 is 0. The predicted molar refractivity (Wildman–Crippen MR) is 84.6 cm³/mol. The summed E-state index contributed by atoms with van der Waals surface area (Å²) in [6.07, 6.45) is 2.59. The molecule has 0 aromatic carbocycles. The van der Waals surface area contributed by atoms with E-state index in [1.807, 2.05) is 0 Å². The van der Waals surface area contributed by atoms with E-state index in [-0.39, 0.29) is 0 Å². The van der Waals surface area contributed by atoms with Gasteiger partial charge in [0.25, 0.3) is 0 Å². The van der Waals surface area contributed by atoms with Gasteiger partial charge in [0.1, 0.15) is 0 Å². The summed E-state index contributed by atoms with van der Waals surface area (Å²) in [5, 5.41) is 3.83. The van der Waals surface area contributed by atoms with Crippen molar-refractivity contribution in [2.24, 2.45) is 11.8 Å². The Morgan fingerprint density at radius 3 is 2.11 bits per heavy atom. The van der Waals surface area contributed by atoms with Crippen LogP contribution >= 0.6 is 0 Å². The molecule has 0 bridgehead atoms. The Hall–Kier alpha value is -0.120. The van der Waals surface area contributed by atoms with E-state index in [0.29, 0.717) is 12.1 Å². The highest BCUT2D eigenvalue weighted by Gasteiger charge is 2.23. The molecule has 0 spiro atoms. The van der Waals surface area contributed by atoms with Crippen LogP contribution in [0, 0.1) is 11.8 Å². The molecule has 19 heavy (non-hydrogen) atoms. The largest absolute Gasteiger partial charge is 0.312 e. The second-order valence-electron chi connectivity index (χ2n) is 7.26. The number of likely N-dealkylation sites (N-methyl/N-ethyl adjacent to an activating group) is 2. The van der Waals surface area contributed by atoms with E-state index in [4.69, 9.17) is 0 Å². The number of piperazine rings is 1. The molecule has 1 heterocycles. The molecule has 3 nitrogen and oxygen atoms in total. The lowest BCUT2D eigenvalue weighted by molar-refractivity contribution is 0.110. The SMILES string of the molecule is CC(C)CC(CC(C)C)NCC1CN(C)CCN1C. The van der Waals surface area contributed by atoms with Crippen LogP contribution < -0.4 is 5.32 Å². The molecule has 1 saturated heterocycles. The van der Waals surface area contributed by atoms with Crippen LogP contribution in [0.1, 0.15) is 40.5 Å². The van der Waals surface area contributed by atoms with Gasteiger partial charge in [-0.3, -0.25) is 4.90 Å². The van der Waals surface area contributed by atoms with Gasteiger partial charge in [-0.25, -0.2) is 0 Å². The van der Waals surface area contributed by atoms with E-state index in [9.17, 15) is 0 Å². The van der Waals surface area contributed by atoms with Crippen molar-refractivity contribution in [1.29, 1.82) is 0 Å². The summed E-state index contributed by atoms with van der Waals surface area (Å²) in [5.41, 5.74) is 0. The smallest absolute Gasteiger partial charge is 0.0345 e. The maximum Gasteiger partial charge on any atom is 0.0345 e. The zero-order valence-electron chi connectivity index (χ0n) is 13.9. The molecule has 1 unspecified atom stereocenters. The lowest BCUT2D eigenvalue weighted by atomic mass is 9.95. The van der Waals surface area contributed by atoms with Crippen LogP contribution in [0.25, 0.3) is 0 Å². The van der Waals surface area contributed by atoms with E-state index >= 15 is 0 Å². The van der Waals surface area contributed by atoms with E-state index in [1.54, 1.807) is 0 Å². The Kier molecular flexibility index (Phi) is 7.33. The third-order valence-corrected chi connectivity index (χ3v) is 4.13. The lowest BCUT2D eigenvalue weighted by Crippen LogP contribution is -2.54. The molecule has 1 aliphatic heterocycles. The second-order valence-corrected chi connectivity index (χ2v) is 7.26. The van der Waals surface area contributed by atoms with Crippen LogP contribution in [-0.2, 0) is 0 Å². The monoisotopic (exact) mass is 269 g/mol. The molecule has 1 N–H and O–H groups in total. The summed E-state index contributed by atoms with van der Waals surface area (Å²) in [6.45, 7) is 14.0. The van der Waals surface area contributed by atoms with Gasteiger partial charge in [0.15, 0.2) is 0 Å². The summed E-state index contributed by atoms with van der Waals surface area (Å²) in [4.78, 5) is 4.96. The van der Waals surface area contributed by atoms with Crippen LogP contribution in [0.15, 0.2) is 0 Å². The van der Waals surface area contributed by atoms with Crippen LogP contribution in [0.3, 0.4) is 0 Å². The fraction of sp³-hybridized carbons (Fsp3) is 1.00. The number of rotatable bonds is 7. The minimum atomic E-state index is 0.667. The normalized spacial score (nSPS) is 22.9. The molecular weight excluding hydrogens is 234 g/mol. The highest BCUT2D eigenvalue weighted by molar-refractivity contribution is 4.82. The van der Waals surface area contributed by atoms with E-state index < -0.39 is 0 Å². The minimum Gasteiger partial charge on any atom is -0.312 e. The topological polar surface area (TPSA) is 18.5 Å². The zero-order valence-corrected chi connectivity index (χ0v) is 13.9. The summed E-state index contributed by atoms with van der Waals surface area (Å²) in [6, 6.07) is 1.35. The fourth-order valence-electron chi connectivity index (χ4n) is 3.03. The minimum absolute atomic E-state index is 0.667. The van der Waals surface area contributed by atoms with Crippen LogP contribution in [0.2, 0.25) is 0 Å². The van der Waals surface area contributed by atoms with E-state index in [0.717, 1.165) is 18.4 Å². The van der Waals surface area contributed by atoms with Gasteiger partial charge in [-0.15, -0.1) is 0 Å². The molecule has 0 saturated carbocycles. The molecule has 1 atom stereocenters. The van der Waals surface area contributed by atoms with Gasteiger partial charge < -0.3 is 10.2 Å². The van der Waals surface area contributed by atoms with Gasteiger partial charge in [0.05, 0.1) is 0 Å². The molecule has 114 valence electrons. The molecule has 1 aliphatic rings. The first-order valence-corrected chi connectivity index (χ1v) is 8.00. The van der Waals surface area contributed by atoms with E-state index in [2.05, 4.69) is 56.9 Å². The molecule has 1 rings (SSSR count). The quantitative estimate of drug-likeness (QED) is 0.765. The summed E-state index contributed by atoms with van der Waals surface area (Å²) in [7, 11) is 4.50. The first-order valence-electron chi connectivity index (χ1n) is 8.00. The molecule has 1 fully saturated rings. The Labute approximate surface area is 120 Å². The molecule has 0 aliphatic carbocycles. The van der Waals surface area contributed by atoms with Gasteiger partial charge in [-0.1, -0.05) is 27.7 Å². The highest BCUT2D eigenvalue weighted by atomic mass is 15.3. The van der Waals surface area contributed by atoms with Gasteiger partial charge in [0.2, 0.25) is 0 Å². The van der Waals surface area contributed by atoms with Gasteiger partial charge in [-0.2, -0.15) is 0 Å². The molecule has 0 aromatic heterocycles. The van der Waals surface area contributed by atoms with Crippen molar-refractivity contribution in [2.45, 2.75) is 52.6 Å². The second kappa shape index (κ2) is 8.23. The van der Waals surface area contributed by atoms with Crippen molar-refractivity contribution in [3.05, 3.63) is 0 Å². The van der Waals surface area contributed by atoms with Crippen LogP contribution in [0.4, 0.5) is 0 Å². The Morgan fingerprint density at radius 2 is 1.58 bits per heavy atom. The molecule has 3 heteroatoms. The number of hydrogen-bond acceptors (Lipinski definition) is 3. The number of nitrogens with zero attached hydrogens (tertiary/aromatic N) is 2. The van der Waals surface area contributed by atoms with Gasteiger partial charge in [0, 0.05) is 38.3 Å². The molecule has 0 radical (unpaired) electrons. The van der Waals surface area contributed by atoms with Gasteiger partial charge in [-0.05, 0) is 38.8 Å². The van der Waals surface area contributed by atoms with Crippen molar-refractivity contribution < 1.29 is 0 Å². The third-order valence-electron chi connectivity index (χ3n) is 4.13. The molecular formula is C16H35N3. The Morgan fingerprint density at radius 1 is 1.00 bits per heavy atom. The number of nitrogens with one attached hydrogen (secondary N) is 1. The first kappa shape index (κ1) is 16.9. The van der Waals surface area contributed by atoms with E-state index in [1.165, 1.54) is 32.5 Å². The average molecular weight is 269 g/mol. The van der Waals surface area contributed by atoms with Crippen LogP contribution in [-0.4, -0.2) is 62.2 Å². The number of hydrogen-bond donors (Lipinski definition) is 1. The van der Waals surface area contributed by atoms with Crippen molar-refractivity contribution in [3.8, 4) is 0 Å². The van der Waals surface area contributed by atoms with Crippen molar-refractivity contribution >= 4 is 0 Å². The lowest BCUT2D eigenvalue weighted by Gasteiger charge is -2.38. The van der Waals surface area contributed by atoms with Crippen molar-refractivity contribution in [1.82, 2.24) is 15.1 Å². The highest BCUT2D eigenvalue weighted by Crippen LogP contribution is 2.14. The Balaban J connectivity index is 2.40. The third kappa shape index (κ3) is 6.73. The molecule has 0 aromatic rings. The van der Waals surface area contributed by atoms with Gasteiger partial charge >= 0.3 is 0 Å². The summed E-state index contributed by atoms with van der Waals surface area (Å²) < 4.78 is 0. The fourth-order valence-corrected chi connectivity index (χ4v) is 3.03. The van der Waals surface area contributed by atoms with Crippen LogP contribution in [0.5, 0.6) is 0 Å².